The zero-order valence-corrected chi connectivity index (χ0v) is 11.7. The number of carboxylic acids is 1. The lowest BCUT2D eigenvalue weighted by molar-refractivity contribution is -0.137. The van der Waals surface area contributed by atoms with Crippen molar-refractivity contribution in [1.82, 2.24) is 9.88 Å². The Morgan fingerprint density at radius 2 is 2.44 bits per heavy atom. The summed E-state index contributed by atoms with van der Waals surface area (Å²) in [6, 6.07) is 0.373. The van der Waals surface area contributed by atoms with E-state index in [0.717, 1.165) is 30.9 Å². The van der Waals surface area contributed by atoms with Gasteiger partial charge in [0.25, 0.3) is 0 Å². The fourth-order valence-corrected chi connectivity index (χ4v) is 3.40. The lowest BCUT2D eigenvalue weighted by Gasteiger charge is -2.34. The minimum atomic E-state index is -0.710. The predicted octanol–water partition coefficient (Wildman–Crippen LogP) is 3.02. The van der Waals surface area contributed by atoms with Crippen LogP contribution in [0.5, 0.6) is 0 Å². The summed E-state index contributed by atoms with van der Waals surface area (Å²) in [7, 11) is 0. The number of hydrogen-bond donors (Lipinski definition) is 1. The van der Waals surface area contributed by atoms with Crippen LogP contribution >= 0.6 is 22.9 Å². The van der Waals surface area contributed by atoms with Crippen LogP contribution in [0.3, 0.4) is 0 Å². The molecule has 0 radical (unpaired) electrons. The number of piperidine rings is 1. The Hall–Kier alpha value is -0.650. The minimum Gasteiger partial charge on any atom is -0.481 e. The molecule has 2 heterocycles. The summed E-state index contributed by atoms with van der Waals surface area (Å²) in [5.74, 6) is -0.710. The van der Waals surface area contributed by atoms with Crippen LogP contribution in [-0.4, -0.2) is 33.5 Å². The zero-order chi connectivity index (χ0) is 13.0. The van der Waals surface area contributed by atoms with E-state index in [1.807, 2.05) is 0 Å². The molecule has 1 aliphatic heterocycles. The molecule has 0 spiro atoms. The van der Waals surface area contributed by atoms with E-state index < -0.39 is 5.97 Å². The van der Waals surface area contributed by atoms with Gasteiger partial charge in [0.05, 0.1) is 12.7 Å². The molecule has 18 heavy (non-hydrogen) atoms. The Morgan fingerprint density at radius 3 is 3.11 bits per heavy atom. The summed E-state index contributed by atoms with van der Waals surface area (Å²) in [5.41, 5.74) is 0. The molecule has 0 amide bonds. The summed E-state index contributed by atoms with van der Waals surface area (Å²) in [6.07, 6.45) is 6.13. The molecule has 1 aromatic heterocycles. The molecule has 100 valence electrons. The number of carbonyl (C=O) groups is 1. The van der Waals surface area contributed by atoms with E-state index in [-0.39, 0.29) is 6.42 Å². The third-order valence-electron chi connectivity index (χ3n) is 3.30. The van der Waals surface area contributed by atoms with Gasteiger partial charge in [0.1, 0.15) is 9.34 Å². The van der Waals surface area contributed by atoms with Crippen molar-refractivity contribution >= 4 is 28.9 Å². The molecule has 1 aromatic rings. The third-order valence-corrected chi connectivity index (χ3v) is 4.40. The normalized spacial score (nSPS) is 21.1. The number of rotatable bonds is 5. The molecule has 0 aromatic carbocycles. The second kappa shape index (κ2) is 6.50. The lowest BCUT2D eigenvalue weighted by atomic mass is 9.98. The first-order valence-electron chi connectivity index (χ1n) is 6.21. The van der Waals surface area contributed by atoms with E-state index in [0.29, 0.717) is 10.4 Å². The molecule has 0 bridgehead atoms. The Kier molecular flexibility index (Phi) is 4.97. The molecule has 2 rings (SSSR count). The van der Waals surface area contributed by atoms with Gasteiger partial charge in [-0.2, -0.15) is 0 Å². The van der Waals surface area contributed by atoms with Crippen molar-refractivity contribution in [2.45, 2.75) is 44.7 Å². The van der Waals surface area contributed by atoms with E-state index >= 15 is 0 Å². The first kappa shape index (κ1) is 13.8. The second-order valence-electron chi connectivity index (χ2n) is 4.61. The average Bonchev–Trinajstić information content (AvgIpc) is 2.73. The van der Waals surface area contributed by atoms with Gasteiger partial charge in [-0.05, 0) is 25.8 Å². The molecule has 4 nitrogen and oxygen atoms in total. The van der Waals surface area contributed by atoms with Crippen LogP contribution in [0.25, 0.3) is 0 Å². The SMILES string of the molecule is O=C(O)CCC1CCCCN1Cc1ncc(Cl)s1. The van der Waals surface area contributed by atoms with Crippen LogP contribution in [0.4, 0.5) is 0 Å². The number of thiazole rings is 1. The lowest BCUT2D eigenvalue weighted by Crippen LogP contribution is -2.39. The monoisotopic (exact) mass is 288 g/mol. The summed E-state index contributed by atoms with van der Waals surface area (Å²) >= 11 is 7.38. The zero-order valence-electron chi connectivity index (χ0n) is 10.1. The topological polar surface area (TPSA) is 53.4 Å². The fourth-order valence-electron chi connectivity index (χ4n) is 2.42. The van der Waals surface area contributed by atoms with Crippen LogP contribution < -0.4 is 0 Å². The molecule has 1 aliphatic rings. The van der Waals surface area contributed by atoms with E-state index in [1.165, 1.54) is 24.2 Å². The maximum atomic E-state index is 10.7. The number of likely N-dealkylation sites (tertiary alicyclic amines) is 1. The van der Waals surface area contributed by atoms with E-state index in [1.54, 1.807) is 6.20 Å². The van der Waals surface area contributed by atoms with Crippen LogP contribution in [0.15, 0.2) is 6.20 Å². The highest BCUT2D eigenvalue weighted by Gasteiger charge is 2.23. The van der Waals surface area contributed by atoms with Crippen LogP contribution in [0.2, 0.25) is 4.34 Å². The van der Waals surface area contributed by atoms with Gasteiger partial charge < -0.3 is 5.11 Å². The highest BCUT2D eigenvalue weighted by Crippen LogP contribution is 2.25. The van der Waals surface area contributed by atoms with Crippen LogP contribution in [0, 0.1) is 0 Å². The predicted molar refractivity (Wildman–Crippen MR) is 72.0 cm³/mol. The average molecular weight is 289 g/mol. The first-order valence-corrected chi connectivity index (χ1v) is 7.40. The Bertz CT molecular complexity index is 411. The maximum absolute atomic E-state index is 10.7. The van der Waals surface area contributed by atoms with Crippen molar-refractivity contribution in [1.29, 1.82) is 0 Å². The number of nitrogens with zero attached hydrogens (tertiary/aromatic N) is 2. The molecule has 1 N–H and O–H groups in total. The summed E-state index contributed by atoms with van der Waals surface area (Å²) < 4.78 is 0.712. The summed E-state index contributed by atoms with van der Waals surface area (Å²) in [6.45, 7) is 1.82. The van der Waals surface area contributed by atoms with Crippen LogP contribution in [0.1, 0.15) is 37.1 Å². The highest BCUT2D eigenvalue weighted by molar-refractivity contribution is 7.15. The summed E-state index contributed by atoms with van der Waals surface area (Å²) in [4.78, 5) is 17.3. The van der Waals surface area contributed by atoms with Crippen molar-refractivity contribution < 1.29 is 9.90 Å². The highest BCUT2D eigenvalue weighted by atomic mass is 35.5. The van der Waals surface area contributed by atoms with Gasteiger partial charge in [0.2, 0.25) is 0 Å². The quantitative estimate of drug-likeness (QED) is 0.905. The van der Waals surface area contributed by atoms with Crippen LogP contribution in [-0.2, 0) is 11.3 Å². The van der Waals surface area contributed by atoms with Gasteiger partial charge >= 0.3 is 5.97 Å². The number of hydrogen-bond acceptors (Lipinski definition) is 4. The summed E-state index contributed by atoms with van der Waals surface area (Å²) in [5, 5.41) is 9.79. The third kappa shape index (κ3) is 3.93. The number of aliphatic carboxylic acids is 1. The smallest absolute Gasteiger partial charge is 0.303 e. The van der Waals surface area contributed by atoms with Gasteiger partial charge in [-0.3, -0.25) is 9.69 Å². The van der Waals surface area contributed by atoms with Crippen molar-refractivity contribution in [3.63, 3.8) is 0 Å². The van der Waals surface area contributed by atoms with Crippen molar-refractivity contribution in [3.05, 3.63) is 15.5 Å². The van der Waals surface area contributed by atoms with Gasteiger partial charge in [-0.25, -0.2) is 4.98 Å². The Morgan fingerprint density at radius 1 is 1.61 bits per heavy atom. The van der Waals surface area contributed by atoms with E-state index in [2.05, 4.69) is 9.88 Å². The standard InChI is InChI=1S/C12H17ClN2O2S/c13-10-7-14-11(18-10)8-15-6-2-1-3-9(15)4-5-12(16)17/h7,9H,1-6,8H2,(H,16,17). The maximum Gasteiger partial charge on any atom is 0.303 e. The fraction of sp³-hybridized carbons (Fsp3) is 0.667. The van der Waals surface area contributed by atoms with E-state index in [4.69, 9.17) is 16.7 Å². The molecular formula is C12H17ClN2O2S. The van der Waals surface area contributed by atoms with Gasteiger partial charge in [0, 0.05) is 12.5 Å². The second-order valence-corrected chi connectivity index (χ2v) is 6.36. The molecule has 1 saturated heterocycles. The van der Waals surface area contributed by atoms with Crippen molar-refractivity contribution in [3.8, 4) is 0 Å². The largest absolute Gasteiger partial charge is 0.481 e. The van der Waals surface area contributed by atoms with E-state index in [9.17, 15) is 4.79 Å². The molecule has 6 heteroatoms. The Balaban J connectivity index is 1.92. The molecule has 1 unspecified atom stereocenters. The van der Waals surface area contributed by atoms with Crippen molar-refractivity contribution in [2.75, 3.05) is 6.54 Å². The molecule has 1 atom stereocenters. The molecule has 1 fully saturated rings. The van der Waals surface area contributed by atoms with Crippen molar-refractivity contribution in [2.24, 2.45) is 0 Å². The first-order chi connectivity index (χ1) is 8.65. The number of aromatic nitrogens is 1. The molecule has 0 aliphatic carbocycles. The van der Waals surface area contributed by atoms with Gasteiger partial charge in [-0.15, -0.1) is 11.3 Å². The number of carboxylic acid groups (broad SMARTS) is 1. The molecular weight excluding hydrogens is 272 g/mol. The van der Waals surface area contributed by atoms with Gasteiger partial charge in [-0.1, -0.05) is 18.0 Å². The minimum absolute atomic E-state index is 0.250. The number of halogens is 1. The van der Waals surface area contributed by atoms with Gasteiger partial charge in [0.15, 0.2) is 0 Å². The Labute approximate surface area is 116 Å². The molecule has 0 saturated carbocycles.